The average molecular weight is 395 g/mol. The molecular formula is C20H16N2O2Se. The van der Waals surface area contributed by atoms with E-state index >= 15 is 0 Å². The summed E-state index contributed by atoms with van der Waals surface area (Å²) in [7, 11) is 3.86. The molecule has 5 heteroatoms. The molecule has 0 saturated heterocycles. The second-order valence-corrected chi connectivity index (χ2v) is 8.28. The molecule has 2 aromatic carbocycles. The van der Waals surface area contributed by atoms with Crippen molar-refractivity contribution >= 4 is 45.7 Å². The van der Waals surface area contributed by atoms with E-state index in [1.807, 2.05) is 84.2 Å². The van der Waals surface area contributed by atoms with Gasteiger partial charge in [0.05, 0.1) is 0 Å². The SMILES string of the molecule is Cn1cc([Se]c2cn(C)c3ccccc3c2=O)c(=O)c2ccccc21. The number of benzene rings is 2. The van der Waals surface area contributed by atoms with Gasteiger partial charge in [-0.1, -0.05) is 0 Å². The van der Waals surface area contributed by atoms with Crippen molar-refractivity contribution in [1.29, 1.82) is 0 Å². The number of pyridine rings is 2. The van der Waals surface area contributed by atoms with Crippen LogP contribution in [-0.2, 0) is 14.1 Å². The Morgan fingerprint density at radius 3 is 1.52 bits per heavy atom. The molecular weight excluding hydrogens is 379 g/mol. The van der Waals surface area contributed by atoms with Crippen molar-refractivity contribution in [2.75, 3.05) is 0 Å². The van der Waals surface area contributed by atoms with Crippen LogP contribution in [0.5, 0.6) is 0 Å². The van der Waals surface area contributed by atoms with E-state index in [2.05, 4.69) is 0 Å². The molecule has 124 valence electrons. The fourth-order valence-electron chi connectivity index (χ4n) is 3.08. The summed E-state index contributed by atoms with van der Waals surface area (Å²) in [6, 6.07) is 15.1. The van der Waals surface area contributed by atoms with Crippen molar-refractivity contribution in [3.8, 4) is 0 Å². The van der Waals surface area contributed by atoms with Gasteiger partial charge in [-0.2, -0.15) is 0 Å². The van der Waals surface area contributed by atoms with E-state index in [9.17, 15) is 9.59 Å². The number of nitrogens with zero attached hydrogens (tertiary/aromatic N) is 2. The van der Waals surface area contributed by atoms with Gasteiger partial charge in [-0.15, -0.1) is 0 Å². The van der Waals surface area contributed by atoms with E-state index in [1.165, 1.54) is 0 Å². The number of hydrogen-bond donors (Lipinski definition) is 0. The van der Waals surface area contributed by atoms with E-state index in [-0.39, 0.29) is 25.8 Å². The van der Waals surface area contributed by atoms with Crippen LogP contribution in [0.3, 0.4) is 0 Å². The molecule has 4 aromatic rings. The van der Waals surface area contributed by atoms with Gasteiger partial charge in [0.2, 0.25) is 0 Å². The van der Waals surface area contributed by atoms with Crippen LogP contribution in [0.1, 0.15) is 0 Å². The van der Waals surface area contributed by atoms with Crippen LogP contribution < -0.4 is 19.8 Å². The van der Waals surface area contributed by atoms with Gasteiger partial charge in [0.15, 0.2) is 0 Å². The fraction of sp³-hybridized carbons (Fsp3) is 0.100. The molecule has 0 aliphatic heterocycles. The predicted octanol–water partition coefficient (Wildman–Crippen LogP) is 1.05. The summed E-state index contributed by atoms with van der Waals surface area (Å²) in [6.07, 6.45) is 3.72. The Kier molecular flexibility index (Phi) is 3.83. The van der Waals surface area contributed by atoms with Crippen LogP contribution in [-0.4, -0.2) is 24.1 Å². The van der Waals surface area contributed by atoms with Crippen LogP contribution >= 0.6 is 0 Å². The van der Waals surface area contributed by atoms with E-state index in [0.717, 1.165) is 11.0 Å². The maximum absolute atomic E-state index is 12.8. The number of para-hydroxylation sites is 2. The quantitative estimate of drug-likeness (QED) is 0.477. The van der Waals surface area contributed by atoms with Gasteiger partial charge in [0.25, 0.3) is 0 Å². The molecule has 4 rings (SSSR count). The first-order chi connectivity index (χ1) is 12.1. The molecule has 0 spiro atoms. The predicted molar refractivity (Wildman–Crippen MR) is 103 cm³/mol. The van der Waals surface area contributed by atoms with E-state index in [0.29, 0.717) is 19.7 Å². The molecule has 0 aliphatic carbocycles. The molecule has 4 nitrogen and oxygen atoms in total. The number of hydrogen-bond acceptors (Lipinski definition) is 2. The first kappa shape index (κ1) is 15.9. The van der Waals surface area contributed by atoms with Crippen LogP contribution in [0.2, 0.25) is 0 Å². The van der Waals surface area contributed by atoms with Crippen molar-refractivity contribution in [3.63, 3.8) is 0 Å². The Labute approximate surface area is 150 Å². The molecule has 0 amide bonds. The van der Waals surface area contributed by atoms with Crippen molar-refractivity contribution in [3.05, 3.63) is 81.4 Å². The molecule has 0 atom stereocenters. The van der Waals surface area contributed by atoms with Crippen molar-refractivity contribution < 1.29 is 0 Å². The summed E-state index contributed by atoms with van der Waals surface area (Å²) in [5.74, 6) is 0. The van der Waals surface area contributed by atoms with Gasteiger partial charge in [0, 0.05) is 0 Å². The fourth-order valence-corrected chi connectivity index (χ4v) is 5.32. The first-order valence-electron chi connectivity index (χ1n) is 7.91. The second kappa shape index (κ2) is 6.03. The minimum atomic E-state index is -0.349. The summed E-state index contributed by atoms with van der Waals surface area (Å²) < 4.78 is 5.31. The Balaban J connectivity index is 1.92. The molecule has 2 aromatic heterocycles. The number of fused-ring (bicyclic) bond motifs is 2. The van der Waals surface area contributed by atoms with Crippen molar-refractivity contribution in [2.45, 2.75) is 0 Å². The number of rotatable bonds is 2. The third-order valence-electron chi connectivity index (χ3n) is 4.35. The topological polar surface area (TPSA) is 44.0 Å². The van der Waals surface area contributed by atoms with E-state index in [1.54, 1.807) is 0 Å². The number of aryl methyl sites for hydroxylation is 2. The molecule has 25 heavy (non-hydrogen) atoms. The molecule has 0 bridgehead atoms. The maximum atomic E-state index is 12.8. The van der Waals surface area contributed by atoms with Crippen LogP contribution in [0.25, 0.3) is 21.8 Å². The monoisotopic (exact) mass is 396 g/mol. The van der Waals surface area contributed by atoms with Gasteiger partial charge in [-0.25, -0.2) is 0 Å². The summed E-state index contributed by atoms with van der Waals surface area (Å²) in [5.41, 5.74) is 1.84. The van der Waals surface area contributed by atoms with Gasteiger partial charge in [-0.3, -0.25) is 0 Å². The molecule has 0 aliphatic rings. The summed E-state index contributed by atoms with van der Waals surface area (Å²) >= 11 is -0.349. The third-order valence-corrected chi connectivity index (χ3v) is 6.49. The van der Waals surface area contributed by atoms with Gasteiger partial charge in [0.1, 0.15) is 0 Å². The van der Waals surface area contributed by atoms with Crippen LogP contribution in [0, 0.1) is 0 Å². The van der Waals surface area contributed by atoms with E-state index < -0.39 is 0 Å². The molecule has 0 fully saturated rings. The molecule has 0 unspecified atom stereocenters. The zero-order valence-corrected chi connectivity index (χ0v) is 15.6. The molecule has 2 heterocycles. The molecule has 0 radical (unpaired) electrons. The van der Waals surface area contributed by atoms with E-state index in [4.69, 9.17) is 0 Å². The normalized spacial score (nSPS) is 11.3. The summed E-state index contributed by atoms with van der Waals surface area (Å²) in [5, 5.41) is 1.39. The summed E-state index contributed by atoms with van der Waals surface area (Å²) in [4.78, 5) is 25.7. The average Bonchev–Trinajstić information content (AvgIpc) is 2.64. The first-order valence-corrected chi connectivity index (χ1v) is 9.62. The van der Waals surface area contributed by atoms with Gasteiger partial charge in [-0.05, 0) is 0 Å². The Bertz CT molecular complexity index is 1140. The van der Waals surface area contributed by atoms with Crippen molar-refractivity contribution in [1.82, 2.24) is 9.13 Å². The summed E-state index contributed by atoms with van der Waals surface area (Å²) in [6.45, 7) is 0. The third kappa shape index (κ3) is 2.62. The Morgan fingerprint density at radius 2 is 1.08 bits per heavy atom. The number of aromatic nitrogens is 2. The van der Waals surface area contributed by atoms with Gasteiger partial charge < -0.3 is 0 Å². The van der Waals surface area contributed by atoms with Crippen LogP contribution in [0.4, 0.5) is 0 Å². The minimum absolute atomic E-state index is 0.0175. The molecule has 0 N–H and O–H groups in total. The Morgan fingerprint density at radius 1 is 0.680 bits per heavy atom. The van der Waals surface area contributed by atoms with Crippen molar-refractivity contribution in [2.24, 2.45) is 14.1 Å². The van der Waals surface area contributed by atoms with Gasteiger partial charge >= 0.3 is 150 Å². The standard InChI is InChI=1S/C20H16N2O2Se/c1-21-11-17(19(23)13-7-3-5-9-15(13)21)25-18-12-22(2)16-10-6-4-8-14(16)20(18)24/h3-12H,1-2H3. The zero-order valence-electron chi connectivity index (χ0n) is 13.9. The zero-order chi connectivity index (χ0) is 17.6. The van der Waals surface area contributed by atoms with Crippen LogP contribution in [0.15, 0.2) is 70.5 Å². The Hall–Kier alpha value is -2.62. The second-order valence-electron chi connectivity index (χ2n) is 6.00. The molecule has 0 saturated carbocycles.